The number of carbonyl (C=O) groups is 1. The van der Waals surface area contributed by atoms with Crippen LogP contribution >= 0.6 is 0 Å². The fourth-order valence-electron chi connectivity index (χ4n) is 1.54. The highest BCUT2D eigenvalue weighted by Gasteiger charge is 2.02. The molecule has 19 heavy (non-hydrogen) atoms. The van der Waals surface area contributed by atoms with E-state index in [-0.39, 0.29) is 5.97 Å². The SMILES string of the molecule is CCCC(=O)OCCCNCc1ccc(F)c(F)c1. The summed E-state index contributed by atoms with van der Waals surface area (Å²) in [6, 6.07) is 3.81. The third kappa shape index (κ3) is 6.29. The maximum absolute atomic E-state index is 12.9. The predicted octanol–water partition coefficient (Wildman–Crippen LogP) is 2.79. The van der Waals surface area contributed by atoms with Crippen LogP contribution in [0.5, 0.6) is 0 Å². The molecule has 0 radical (unpaired) electrons. The van der Waals surface area contributed by atoms with Crippen LogP contribution in [0.2, 0.25) is 0 Å². The molecule has 0 heterocycles. The van der Waals surface area contributed by atoms with Gasteiger partial charge in [-0.15, -0.1) is 0 Å². The minimum atomic E-state index is -0.841. The Morgan fingerprint density at radius 2 is 2.11 bits per heavy atom. The van der Waals surface area contributed by atoms with Crippen LogP contribution in [0, 0.1) is 11.6 Å². The lowest BCUT2D eigenvalue weighted by atomic mass is 10.2. The van der Waals surface area contributed by atoms with Crippen LogP contribution in [0.3, 0.4) is 0 Å². The van der Waals surface area contributed by atoms with E-state index in [0.717, 1.165) is 12.5 Å². The smallest absolute Gasteiger partial charge is 0.305 e. The molecule has 1 aromatic carbocycles. The van der Waals surface area contributed by atoms with Crippen molar-refractivity contribution in [1.82, 2.24) is 5.32 Å². The lowest BCUT2D eigenvalue weighted by Crippen LogP contribution is -2.17. The first-order chi connectivity index (χ1) is 9.13. The molecule has 0 bridgehead atoms. The summed E-state index contributed by atoms with van der Waals surface area (Å²) in [5, 5.41) is 3.07. The zero-order valence-corrected chi connectivity index (χ0v) is 11.0. The van der Waals surface area contributed by atoms with Gasteiger partial charge in [0.2, 0.25) is 0 Å². The summed E-state index contributed by atoms with van der Waals surface area (Å²) in [6.45, 7) is 3.41. The summed E-state index contributed by atoms with van der Waals surface area (Å²) < 4.78 is 30.6. The number of esters is 1. The van der Waals surface area contributed by atoms with Gasteiger partial charge in [-0.05, 0) is 37.1 Å². The Balaban J connectivity index is 2.10. The number of carbonyl (C=O) groups excluding carboxylic acids is 1. The van der Waals surface area contributed by atoms with Gasteiger partial charge in [0.25, 0.3) is 0 Å². The molecule has 1 aromatic rings. The van der Waals surface area contributed by atoms with Gasteiger partial charge in [0, 0.05) is 13.0 Å². The number of halogens is 2. The minimum absolute atomic E-state index is 0.178. The van der Waals surface area contributed by atoms with Gasteiger partial charge in [-0.1, -0.05) is 13.0 Å². The third-order valence-corrected chi connectivity index (χ3v) is 2.53. The van der Waals surface area contributed by atoms with Crippen LogP contribution < -0.4 is 5.32 Å². The van der Waals surface area contributed by atoms with Crippen LogP contribution in [0.1, 0.15) is 31.7 Å². The molecule has 1 N–H and O–H groups in total. The Labute approximate surface area is 112 Å². The first kappa shape index (κ1) is 15.6. The van der Waals surface area contributed by atoms with Gasteiger partial charge in [0.1, 0.15) is 0 Å². The summed E-state index contributed by atoms with van der Waals surface area (Å²) in [4.78, 5) is 11.0. The van der Waals surface area contributed by atoms with E-state index in [1.807, 2.05) is 6.92 Å². The zero-order chi connectivity index (χ0) is 14.1. The number of hydrogen-bond acceptors (Lipinski definition) is 3. The van der Waals surface area contributed by atoms with Crippen LogP contribution in [-0.4, -0.2) is 19.1 Å². The molecular weight excluding hydrogens is 252 g/mol. The van der Waals surface area contributed by atoms with Gasteiger partial charge in [-0.3, -0.25) is 4.79 Å². The van der Waals surface area contributed by atoms with E-state index in [2.05, 4.69) is 5.32 Å². The second kappa shape index (κ2) is 8.58. The average Bonchev–Trinajstić information content (AvgIpc) is 2.38. The van der Waals surface area contributed by atoms with E-state index < -0.39 is 11.6 Å². The molecule has 0 fully saturated rings. The Kier molecular flexibility index (Phi) is 7.03. The van der Waals surface area contributed by atoms with E-state index in [0.29, 0.717) is 38.1 Å². The molecule has 106 valence electrons. The average molecular weight is 271 g/mol. The van der Waals surface area contributed by atoms with Crippen molar-refractivity contribution in [1.29, 1.82) is 0 Å². The topological polar surface area (TPSA) is 38.3 Å². The van der Waals surface area contributed by atoms with Gasteiger partial charge in [0.05, 0.1) is 6.61 Å². The summed E-state index contributed by atoms with van der Waals surface area (Å²) in [7, 11) is 0. The third-order valence-electron chi connectivity index (χ3n) is 2.53. The highest BCUT2D eigenvalue weighted by Crippen LogP contribution is 2.08. The van der Waals surface area contributed by atoms with Crippen molar-refractivity contribution in [3.8, 4) is 0 Å². The van der Waals surface area contributed by atoms with Gasteiger partial charge >= 0.3 is 5.97 Å². The predicted molar refractivity (Wildman–Crippen MR) is 68.5 cm³/mol. The van der Waals surface area contributed by atoms with Crippen molar-refractivity contribution in [3.63, 3.8) is 0 Å². The quantitative estimate of drug-likeness (QED) is 0.583. The highest BCUT2D eigenvalue weighted by atomic mass is 19.2. The zero-order valence-electron chi connectivity index (χ0n) is 11.0. The first-order valence-electron chi connectivity index (χ1n) is 6.43. The first-order valence-corrected chi connectivity index (χ1v) is 6.43. The molecule has 5 heteroatoms. The monoisotopic (exact) mass is 271 g/mol. The van der Waals surface area contributed by atoms with Crippen LogP contribution in [0.25, 0.3) is 0 Å². The number of rotatable bonds is 8. The van der Waals surface area contributed by atoms with Crippen molar-refractivity contribution >= 4 is 5.97 Å². The van der Waals surface area contributed by atoms with E-state index in [4.69, 9.17) is 4.74 Å². The molecule has 0 saturated heterocycles. The standard InChI is InChI=1S/C14H19F2NO2/c1-2-4-14(18)19-8-3-7-17-10-11-5-6-12(15)13(16)9-11/h5-6,9,17H,2-4,7-8,10H2,1H3. The van der Waals surface area contributed by atoms with Gasteiger partial charge < -0.3 is 10.1 Å². The summed E-state index contributed by atoms with van der Waals surface area (Å²) >= 11 is 0. The molecule has 0 aliphatic rings. The fraction of sp³-hybridized carbons (Fsp3) is 0.500. The number of benzene rings is 1. The van der Waals surface area contributed by atoms with Crippen molar-refractivity contribution in [2.45, 2.75) is 32.7 Å². The van der Waals surface area contributed by atoms with Crippen molar-refractivity contribution < 1.29 is 18.3 Å². The molecule has 0 saturated carbocycles. The second-order valence-corrected chi connectivity index (χ2v) is 4.25. The van der Waals surface area contributed by atoms with E-state index >= 15 is 0 Å². The molecule has 0 spiro atoms. The van der Waals surface area contributed by atoms with Crippen LogP contribution in [0.15, 0.2) is 18.2 Å². The second-order valence-electron chi connectivity index (χ2n) is 4.25. The molecule has 0 aliphatic carbocycles. The van der Waals surface area contributed by atoms with Gasteiger partial charge in [0.15, 0.2) is 11.6 Å². The molecule has 3 nitrogen and oxygen atoms in total. The number of nitrogens with one attached hydrogen (secondary N) is 1. The van der Waals surface area contributed by atoms with E-state index in [9.17, 15) is 13.6 Å². The van der Waals surface area contributed by atoms with Crippen molar-refractivity contribution in [2.24, 2.45) is 0 Å². The summed E-state index contributed by atoms with van der Waals surface area (Å²) in [5.41, 5.74) is 0.682. The molecule has 0 aromatic heterocycles. The lowest BCUT2D eigenvalue weighted by molar-refractivity contribution is -0.143. The van der Waals surface area contributed by atoms with Crippen molar-refractivity contribution in [2.75, 3.05) is 13.2 Å². The van der Waals surface area contributed by atoms with E-state index in [1.54, 1.807) is 0 Å². The molecule has 0 aliphatic heterocycles. The largest absolute Gasteiger partial charge is 0.466 e. The normalized spacial score (nSPS) is 10.5. The Morgan fingerprint density at radius 3 is 2.79 bits per heavy atom. The molecular formula is C14H19F2NO2. The fourth-order valence-corrected chi connectivity index (χ4v) is 1.54. The van der Waals surface area contributed by atoms with Crippen molar-refractivity contribution in [3.05, 3.63) is 35.4 Å². The Hall–Kier alpha value is -1.49. The molecule has 0 atom stereocenters. The molecule has 1 rings (SSSR count). The number of ether oxygens (including phenoxy) is 1. The van der Waals surface area contributed by atoms with Gasteiger partial charge in [-0.2, -0.15) is 0 Å². The Morgan fingerprint density at radius 1 is 1.32 bits per heavy atom. The lowest BCUT2D eigenvalue weighted by Gasteiger charge is -2.06. The van der Waals surface area contributed by atoms with E-state index in [1.165, 1.54) is 12.1 Å². The minimum Gasteiger partial charge on any atom is -0.466 e. The summed E-state index contributed by atoms with van der Waals surface area (Å²) in [6.07, 6.45) is 1.93. The van der Waals surface area contributed by atoms with Gasteiger partial charge in [-0.25, -0.2) is 8.78 Å². The maximum Gasteiger partial charge on any atom is 0.305 e. The highest BCUT2D eigenvalue weighted by molar-refractivity contribution is 5.69. The molecule has 0 amide bonds. The Bertz CT molecular complexity index is 410. The maximum atomic E-state index is 12.9. The van der Waals surface area contributed by atoms with Crippen LogP contribution in [0.4, 0.5) is 8.78 Å². The summed E-state index contributed by atoms with van der Waals surface area (Å²) in [5.74, 6) is -1.86. The number of hydrogen-bond donors (Lipinski definition) is 1. The van der Waals surface area contributed by atoms with Crippen LogP contribution in [-0.2, 0) is 16.1 Å². The molecule has 0 unspecified atom stereocenters.